The van der Waals surface area contributed by atoms with E-state index in [1.807, 2.05) is 36.4 Å². The van der Waals surface area contributed by atoms with Gasteiger partial charge in [-0.1, -0.05) is 57.2 Å². The lowest BCUT2D eigenvalue weighted by atomic mass is 9.86. The first-order valence-electron chi connectivity index (χ1n) is 8.15. The summed E-state index contributed by atoms with van der Waals surface area (Å²) in [6, 6.07) is 15.1. The van der Waals surface area contributed by atoms with Crippen LogP contribution in [0.1, 0.15) is 43.6 Å². The highest BCUT2D eigenvalue weighted by atomic mass is 16.3. The fraction of sp³-hybridized carbons (Fsp3) is 0.350. The number of carbonyl (C=O) groups is 1. The molecule has 2 rings (SSSR count). The predicted molar refractivity (Wildman–Crippen MR) is 97.7 cm³/mol. The van der Waals surface area contributed by atoms with Crippen LogP contribution in [0.5, 0.6) is 0 Å². The van der Waals surface area contributed by atoms with E-state index < -0.39 is 6.10 Å². The summed E-state index contributed by atoms with van der Waals surface area (Å²) >= 11 is 0. The monoisotopic (exact) mass is 326 g/mol. The highest BCUT2D eigenvalue weighted by Gasteiger charge is 2.15. The van der Waals surface area contributed by atoms with Crippen LogP contribution in [0.15, 0.2) is 48.5 Å². The van der Waals surface area contributed by atoms with Gasteiger partial charge >= 0.3 is 0 Å². The summed E-state index contributed by atoms with van der Waals surface area (Å²) in [4.78, 5) is 12.0. The summed E-state index contributed by atoms with van der Waals surface area (Å²) in [5, 5.41) is 13.0. The third kappa shape index (κ3) is 5.10. The van der Waals surface area contributed by atoms with Crippen LogP contribution in [-0.4, -0.2) is 17.6 Å². The number of amides is 1. The second-order valence-electron chi connectivity index (χ2n) is 7.11. The van der Waals surface area contributed by atoms with Crippen molar-refractivity contribution in [3.63, 3.8) is 0 Å². The molecular formula is C20H26N2O2. The van der Waals surface area contributed by atoms with Gasteiger partial charge in [0.05, 0.1) is 12.5 Å². The predicted octanol–water partition coefficient (Wildman–Crippen LogP) is 2.96. The molecule has 0 aliphatic heterocycles. The van der Waals surface area contributed by atoms with Gasteiger partial charge in [0.15, 0.2) is 0 Å². The molecule has 128 valence electrons. The maximum atomic E-state index is 12.0. The Kier molecular flexibility index (Phi) is 5.62. The first-order valence-corrected chi connectivity index (χ1v) is 8.15. The van der Waals surface area contributed by atoms with Crippen LogP contribution in [0.2, 0.25) is 0 Å². The summed E-state index contributed by atoms with van der Waals surface area (Å²) in [6.07, 6.45) is -0.440. The van der Waals surface area contributed by atoms with Crippen LogP contribution in [0.25, 0.3) is 0 Å². The zero-order valence-electron chi connectivity index (χ0n) is 14.5. The van der Waals surface area contributed by atoms with E-state index in [0.717, 1.165) is 11.1 Å². The van der Waals surface area contributed by atoms with Crippen molar-refractivity contribution < 1.29 is 9.90 Å². The number of aliphatic hydroxyl groups is 1. The van der Waals surface area contributed by atoms with E-state index in [1.54, 1.807) is 12.1 Å². The highest BCUT2D eigenvalue weighted by molar-refractivity contribution is 5.78. The van der Waals surface area contributed by atoms with Crippen LogP contribution in [0, 0.1) is 0 Å². The van der Waals surface area contributed by atoms with Crippen LogP contribution >= 0.6 is 0 Å². The smallest absolute Gasteiger partial charge is 0.224 e. The maximum Gasteiger partial charge on any atom is 0.224 e. The molecule has 0 radical (unpaired) electrons. The Hall–Kier alpha value is -2.33. The number of nitrogen functional groups attached to an aromatic ring is 1. The lowest BCUT2D eigenvalue weighted by Gasteiger charge is -2.20. The molecule has 2 aromatic rings. The normalized spacial score (nSPS) is 12.7. The van der Waals surface area contributed by atoms with Gasteiger partial charge in [0.1, 0.15) is 0 Å². The van der Waals surface area contributed by atoms with Crippen molar-refractivity contribution in [2.45, 2.75) is 38.7 Å². The second-order valence-corrected chi connectivity index (χ2v) is 7.11. The SMILES string of the molecule is CC(C)(C)c1ccc(C(O)CNC(=O)Cc2ccc(N)cc2)cc1. The molecule has 4 nitrogen and oxygen atoms in total. The van der Waals surface area contributed by atoms with Gasteiger partial charge in [-0.05, 0) is 34.2 Å². The zero-order chi connectivity index (χ0) is 17.7. The molecule has 0 saturated carbocycles. The lowest BCUT2D eigenvalue weighted by Crippen LogP contribution is -2.29. The number of nitrogens with two attached hydrogens (primary N) is 1. The van der Waals surface area contributed by atoms with Crippen molar-refractivity contribution >= 4 is 11.6 Å². The molecule has 0 aliphatic rings. The molecule has 0 aromatic heterocycles. The molecule has 0 fully saturated rings. The van der Waals surface area contributed by atoms with Crippen LogP contribution in [0.3, 0.4) is 0 Å². The van der Waals surface area contributed by atoms with Crippen molar-refractivity contribution in [2.75, 3.05) is 12.3 Å². The lowest BCUT2D eigenvalue weighted by molar-refractivity contribution is -0.120. The third-order valence-corrected chi connectivity index (χ3v) is 4.00. The molecule has 0 heterocycles. The van der Waals surface area contributed by atoms with Gasteiger partial charge in [0.2, 0.25) is 5.91 Å². The number of hydrogen-bond donors (Lipinski definition) is 3. The number of nitrogens with one attached hydrogen (secondary N) is 1. The fourth-order valence-electron chi connectivity index (χ4n) is 2.42. The van der Waals surface area contributed by atoms with E-state index >= 15 is 0 Å². The second kappa shape index (κ2) is 7.49. The number of benzene rings is 2. The van der Waals surface area contributed by atoms with Crippen LogP contribution in [-0.2, 0) is 16.6 Å². The molecule has 1 amide bonds. The van der Waals surface area contributed by atoms with Gasteiger partial charge in [-0.25, -0.2) is 0 Å². The average Bonchev–Trinajstić information content (AvgIpc) is 2.54. The van der Waals surface area contributed by atoms with E-state index in [4.69, 9.17) is 5.73 Å². The van der Waals surface area contributed by atoms with E-state index in [1.165, 1.54) is 5.56 Å². The quantitative estimate of drug-likeness (QED) is 0.740. The van der Waals surface area contributed by atoms with Gasteiger partial charge in [-0.3, -0.25) is 4.79 Å². The van der Waals surface area contributed by atoms with E-state index in [-0.39, 0.29) is 24.3 Å². The van der Waals surface area contributed by atoms with Crippen molar-refractivity contribution in [1.29, 1.82) is 0 Å². The maximum absolute atomic E-state index is 12.0. The zero-order valence-corrected chi connectivity index (χ0v) is 14.5. The largest absolute Gasteiger partial charge is 0.399 e. The van der Waals surface area contributed by atoms with E-state index in [2.05, 4.69) is 26.1 Å². The number of aliphatic hydroxyl groups excluding tert-OH is 1. The first kappa shape index (κ1) is 18.0. The number of rotatable bonds is 5. The summed E-state index contributed by atoms with van der Waals surface area (Å²) in [5.41, 5.74) is 9.29. The summed E-state index contributed by atoms with van der Waals surface area (Å²) in [6.45, 7) is 6.64. The van der Waals surface area contributed by atoms with Gasteiger partial charge in [-0.15, -0.1) is 0 Å². The molecule has 4 N–H and O–H groups in total. The molecular weight excluding hydrogens is 300 g/mol. The molecule has 4 heteroatoms. The molecule has 0 bridgehead atoms. The van der Waals surface area contributed by atoms with Crippen molar-refractivity contribution in [3.05, 3.63) is 65.2 Å². The van der Waals surface area contributed by atoms with E-state index in [0.29, 0.717) is 5.69 Å². The average molecular weight is 326 g/mol. The van der Waals surface area contributed by atoms with Crippen LogP contribution < -0.4 is 11.1 Å². The number of hydrogen-bond acceptors (Lipinski definition) is 3. The number of carbonyl (C=O) groups excluding carboxylic acids is 1. The van der Waals surface area contributed by atoms with Gasteiger partial charge in [0.25, 0.3) is 0 Å². The minimum atomic E-state index is -0.714. The minimum Gasteiger partial charge on any atom is -0.399 e. The Labute approximate surface area is 143 Å². The standard InChI is InChI=1S/C20H26N2O2/c1-20(2,3)16-8-6-15(7-9-16)18(23)13-22-19(24)12-14-4-10-17(21)11-5-14/h4-11,18,23H,12-13,21H2,1-3H3,(H,22,24). The van der Waals surface area contributed by atoms with Gasteiger partial charge in [0, 0.05) is 12.2 Å². The molecule has 24 heavy (non-hydrogen) atoms. The summed E-state index contributed by atoms with van der Waals surface area (Å²) < 4.78 is 0. The van der Waals surface area contributed by atoms with E-state index in [9.17, 15) is 9.90 Å². The van der Waals surface area contributed by atoms with Crippen molar-refractivity contribution in [2.24, 2.45) is 0 Å². The fourth-order valence-corrected chi connectivity index (χ4v) is 2.42. The van der Waals surface area contributed by atoms with Gasteiger partial charge < -0.3 is 16.2 Å². The molecule has 0 spiro atoms. The first-order chi connectivity index (χ1) is 11.3. The molecule has 0 saturated heterocycles. The molecule has 0 aliphatic carbocycles. The molecule has 2 aromatic carbocycles. The Balaban J connectivity index is 1.87. The highest BCUT2D eigenvalue weighted by Crippen LogP contribution is 2.23. The molecule has 1 atom stereocenters. The van der Waals surface area contributed by atoms with Crippen molar-refractivity contribution in [3.8, 4) is 0 Å². The molecule has 1 unspecified atom stereocenters. The summed E-state index contributed by atoms with van der Waals surface area (Å²) in [7, 11) is 0. The topological polar surface area (TPSA) is 75.3 Å². The third-order valence-electron chi connectivity index (χ3n) is 4.00. The van der Waals surface area contributed by atoms with Crippen LogP contribution in [0.4, 0.5) is 5.69 Å². The Bertz CT molecular complexity index is 670. The Morgan fingerprint density at radius 3 is 2.21 bits per heavy atom. The Morgan fingerprint density at radius 2 is 1.67 bits per heavy atom. The Morgan fingerprint density at radius 1 is 1.08 bits per heavy atom. The minimum absolute atomic E-state index is 0.0801. The number of anilines is 1. The summed E-state index contributed by atoms with van der Waals surface area (Å²) in [5.74, 6) is -0.120. The van der Waals surface area contributed by atoms with Gasteiger partial charge in [-0.2, -0.15) is 0 Å². The van der Waals surface area contributed by atoms with Crippen molar-refractivity contribution in [1.82, 2.24) is 5.32 Å².